The monoisotopic (exact) mass is 376 g/mol. The van der Waals surface area contributed by atoms with E-state index in [9.17, 15) is 4.79 Å². The normalized spacial score (nSPS) is 13.4. The summed E-state index contributed by atoms with van der Waals surface area (Å²) >= 11 is 0. The molecule has 0 radical (unpaired) electrons. The summed E-state index contributed by atoms with van der Waals surface area (Å²) in [4.78, 5) is 19.2. The molecule has 29 heavy (non-hydrogen) atoms. The average molecular weight is 376 g/mol. The van der Waals surface area contributed by atoms with Gasteiger partial charge in [0.25, 0.3) is 5.91 Å². The fourth-order valence-corrected chi connectivity index (χ4v) is 3.99. The second kappa shape index (κ2) is 6.04. The molecule has 0 unspecified atom stereocenters. The van der Waals surface area contributed by atoms with E-state index in [1.165, 1.54) is 5.39 Å². The first-order chi connectivity index (χ1) is 14.3. The van der Waals surface area contributed by atoms with Crippen LogP contribution in [-0.4, -0.2) is 10.9 Å². The number of nitrogens with zero attached hydrogens (tertiary/aromatic N) is 2. The van der Waals surface area contributed by atoms with Gasteiger partial charge in [-0.1, -0.05) is 48.5 Å². The predicted molar refractivity (Wildman–Crippen MR) is 114 cm³/mol. The zero-order valence-electron chi connectivity index (χ0n) is 15.5. The second-order valence-corrected chi connectivity index (χ2v) is 7.28. The van der Waals surface area contributed by atoms with Crippen molar-refractivity contribution in [2.45, 2.75) is 6.54 Å². The highest BCUT2D eigenvalue weighted by Crippen LogP contribution is 2.32. The summed E-state index contributed by atoms with van der Waals surface area (Å²) in [6.45, 7) is 0.579. The molecule has 0 spiro atoms. The van der Waals surface area contributed by atoms with Gasteiger partial charge in [-0.05, 0) is 52.7 Å². The molecule has 1 aromatic heterocycles. The summed E-state index contributed by atoms with van der Waals surface area (Å²) < 4.78 is 5.99. The molecule has 0 saturated carbocycles. The van der Waals surface area contributed by atoms with Crippen LogP contribution in [0.3, 0.4) is 0 Å². The van der Waals surface area contributed by atoms with Crippen LogP contribution in [0.15, 0.2) is 89.3 Å². The van der Waals surface area contributed by atoms with E-state index in [0.717, 1.165) is 33.3 Å². The standard InChI is InChI=1S/C25H16N2O2/c28-25-21-8-4-3-7-19(21)15-27(25)20-11-12-23-22(14-20)26-24(29-23)18-10-9-16-5-1-2-6-17(16)13-18/h1-14H,15H2. The lowest BCUT2D eigenvalue weighted by atomic mass is 10.1. The molecule has 5 aromatic rings. The van der Waals surface area contributed by atoms with Crippen LogP contribution in [0.2, 0.25) is 0 Å². The van der Waals surface area contributed by atoms with Gasteiger partial charge in [-0.15, -0.1) is 0 Å². The third kappa shape index (κ3) is 2.53. The van der Waals surface area contributed by atoms with Crippen molar-refractivity contribution < 1.29 is 9.21 Å². The first-order valence-corrected chi connectivity index (χ1v) is 9.56. The first kappa shape index (κ1) is 16.1. The lowest BCUT2D eigenvalue weighted by molar-refractivity contribution is 0.0996. The maximum Gasteiger partial charge on any atom is 0.258 e. The predicted octanol–water partition coefficient (Wildman–Crippen LogP) is 5.81. The van der Waals surface area contributed by atoms with Crippen molar-refractivity contribution in [1.29, 1.82) is 0 Å². The Morgan fingerprint density at radius 1 is 0.828 bits per heavy atom. The minimum atomic E-state index is 0.0261. The third-order valence-corrected chi connectivity index (χ3v) is 5.50. The van der Waals surface area contributed by atoms with Gasteiger partial charge in [0.15, 0.2) is 5.58 Å². The topological polar surface area (TPSA) is 46.3 Å². The van der Waals surface area contributed by atoms with Gasteiger partial charge in [0.1, 0.15) is 5.52 Å². The molecule has 6 rings (SSSR count). The molecule has 0 N–H and O–H groups in total. The van der Waals surface area contributed by atoms with Crippen molar-refractivity contribution in [2.75, 3.05) is 4.90 Å². The lowest BCUT2D eigenvalue weighted by Crippen LogP contribution is -2.22. The SMILES string of the molecule is O=C1c2ccccc2CN1c1ccc2oc(-c3ccc4ccccc4c3)nc2c1. The zero-order valence-corrected chi connectivity index (χ0v) is 15.5. The van der Waals surface area contributed by atoms with Crippen molar-refractivity contribution in [3.8, 4) is 11.5 Å². The Balaban J connectivity index is 1.39. The van der Waals surface area contributed by atoms with Crippen LogP contribution in [0, 0.1) is 0 Å². The van der Waals surface area contributed by atoms with Crippen LogP contribution >= 0.6 is 0 Å². The fraction of sp³-hybridized carbons (Fsp3) is 0.0400. The molecule has 138 valence electrons. The highest BCUT2D eigenvalue weighted by Gasteiger charge is 2.28. The minimum Gasteiger partial charge on any atom is -0.436 e. The van der Waals surface area contributed by atoms with E-state index in [-0.39, 0.29) is 5.91 Å². The van der Waals surface area contributed by atoms with Crippen molar-refractivity contribution in [3.05, 3.63) is 96.1 Å². The molecular weight excluding hydrogens is 360 g/mol. The van der Waals surface area contributed by atoms with Gasteiger partial charge >= 0.3 is 0 Å². The Bertz CT molecular complexity index is 1420. The molecule has 0 fully saturated rings. The third-order valence-electron chi connectivity index (χ3n) is 5.50. The number of carbonyl (C=O) groups is 1. The highest BCUT2D eigenvalue weighted by molar-refractivity contribution is 6.10. The fourth-order valence-electron chi connectivity index (χ4n) is 3.99. The number of carbonyl (C=O) groups excluding carboxylic acids is 1. The molecule has 1 aliphatic rings. The van der Waals surface area contributed by atoms with E-state index in [4.69, 9.17) is 9.40 Å². The largest absolute Gasteiger partial charge is 0.436 e. The van der Waals surface area contributed by atoms with E-state index in [2.05, 4.69) is 24.3 Å². The molecule has 4 nitrogen and oxygen atoms in total. The molecule has 2 heterocycles. The quantitative estimate of drug-likeness (QED) is 0.391. The van der Waals surface area contributed by atoms with E-state index in [0.29, 0.717) is 18.0 Å². The molecule has 1 amide bonds. The first-order valence-electron chi connectivity index (χ1n) is 9.56. The smallest absolute Gasteiger partial charge is 0.258 e. The van der Waals surface area contributed by atoms with Crippen LogP contribution in [0.5, 0.6) is 0 Å². The molecule has 0 aliphatic carbocycles. The average Bonchev–Trinajstić information content (AvgIpc) is 3.34. The number of hydrogen-bond donors (Lipinski definition) is 0. The maximum atomic E-state index is 12.8. The molecule has 1 aliphatic heterocycles. The minimum absolute atomic E-state index is 0.0261. The van der Waals surface area contributed by atoms with Crippen LogP contribution in [-0.2, 0) is 6.54 Å². The van der Waals surface area contributed by atoms with E-state index in [1.807, 2.05) is 60.7 Å². The molecular formula is C25H16N2O2. The lowest BCUT2D eigenvalue weighted by Gasteiger charge is -2.15. The van der Waals surface area contributed by atoms with Gasteiger partial charge in [0.2, 0.25) is 5.89 Å². The van der Waals surface area contributed by atoms with E-state index >= 15 is 0 Å². The number of rotatable bonds is 2. The van der Waals surface area contributed by atoms with Gasteiger partial charge in [-0.25, -0.2) is 4.98 Å². The van der Waals surface area contributed by atoms with Gasteiger partial charge in [-0.2, -0.15) is 0 Å². The Kier molecular flexibility index (Phi) is 3.35. The molecule has 4 heteroatoms. The Morgan fingerprint density at radius 3 is 2.55 bits per heavy atom. The van der Waals surface area contributed by atoms with Crippen molar-refractivity contribution in [2.24, 2.45) is 0 Å². The Hall–Kier alpha value is -3.92. The molecule has 0 saturated heterocycles. The summed E-state index contributed by atoms with van der Waals surface area (Å²) in [6, 6.07) is 27.9. The molecule has 4 aromatic carbocycles. The van der Waals surface area contributed by atoms with Gasteiger partial charge < -0.3 is 9.32 Å². The number of benzene rings is 4. The number of fused-ring (bicyclic) bond motifs is 3. The molecule has 0 atom stereocenters. The molecule has 0 bridgehead atoms. The van der Waals surface area contributed by atoms with Gasteiger partial charge in [0, 0.05) is 16.8 Å². The summed E-state index contributed by atoms with van der Waals surface area (Å²) in [7, 11) is 0. The number of hydrogen-bond acceptors (Lipinski definition) is 3. The zero-order chi connectivity index (χ0) is 19.4. The second-order valence-electron chi connectivity index (χ2n) is 7.28. The van der Waals surface area contributed by atoms with Crippen LogP contribution in [0.25, 0.3) is 33.3 Å². The summed E-state index contributed by atoms with van der Waals surface area (Å²) in [5, 5.41) is 2.33. The number of oxazole rings is 1. The summed E-state index contributed by atoms with van der Waals surface area (Å²) in [6.07, 6.45) is 0. The van der Waals surface area contributed by atoms with E-state index < -0.39 is 0 Å². The van der Waals surface area contributed by atoms with Gasteiger partial charge in [0.05, 0.1) is 6.54 Å². The Morgan fingerprint density at radius 2 is 1.66 bits per heavy atom. The highest BCUT2D eigenvalue weighted by atomic mass is 16.3. The number of amides is 1. The van der Waals surface area contributed by atoms with Gasteiger partial charge in [-0.3, -0.25) is 4.79 Å². The van der Waals surface area contributed by atoms with Crippen molar-refractivity contribution in [1.82, 2.24) is 4.98 Å². The van der Waals surface area contributed by atoms with Crippen molar-refractivity contribution in [3.63, 3.8) is 0 Å². The maximum absolute atomic E-state index is 12.8. The van der Waals surface area contributed by atoms with Crippen molar-refractivity contribution >= 4 is 33.5 Å². The van der Waals surface area contributed by atoms with Crippen LogP contribution in [0.4, 0.5) is 5.69 Å². The van der Waals surface area contributed by atoms with Crippen LogP contribution < -0.4 is 4.90 Å². The number of aromatic nitrogens is 1. The number of anilines is 1. The van der Waals surface area contributed by atoms with E-state index in [1.54, 1.807) is 4.90 Å². The van der Waals surface area contributed by atoms with Crippen LogP contribution in [0.1, 0.15) is 15.9 Å². The summed E-state index contributed by atoms with van der Waals surface area (Å²) in [5.41, 5.74) is 5.04. The summed E-state index contributed by atoms with van der Waals surface area (Å²) in [5.74, 6) is 0.608. The Labute approximate surface area is 167 Å².